The second-order valence-corrected chi connectivity index (χ2v) is 4.46. The summed E-state index contributed by atoms with van der Waals surface area (Å²) in [6.07, 6.45) is 0. The zero-order chi connectivity index (χ0) is 16.1. The molecule has 0 unspecified atom stereocenters. The van der Waals surface area contributed by atoms with Crippen LogP contribution in [0.15, 0.2) is 36.4 Å². The van der Waals surface area contributed by atoms with Gasteiger partial charge in [0, 0.05) is 0 Å². The Morgan fingerprint density at radius 2 is 1.73 bits per heavy atom. The Bertz CT molecular complexity index is 675. The number of benzene rings is 2. The average molecular weight is 310 g/mol. The lowest BCUT2D eigenvalue weighted by molar-refractivity contribution is 0.234. The van der Waals surface area contributed by atoms with E-state index < -0.39 is 29.2 Å². The average Bonchev–Trinajstić information content (AvgIpc) is 2.50. The highest BCUT2D eigenvalue weighted by atomic mass is 19.2. The van der Waals surface area contributed by atoms with E-state index in [9.17, 15) is 18.0 Å². The first kappa shape index (κ1) is 15.7. The molecule has 116 valence electrons. The third-order valence-electron chi connectivity index (χ3n) is 2.78. The Kier molecular flexibility index (Phi) is 4.88. The Balaban J connectivity index is 1.86. The summed E-state index contributed by atoms with van der Waals surface area (Å²) in [5.41, 5.74) is 0.596. The molecule has 4 nitrogen and oxygen atoms in total. The molecule has 2 aromatic carbocycles. The largest absolute Gasteiger partial charge is 0.473 e. The molecular weight excluding hydrogens is 297 g/mol. The zero-order valence-corrected chi connectivity index (χ0v) is 11.6. The number of carbonyl (C=O) groups is 1. The van der Waals surface area contributed by atoms with Crippen LogP contribution in [0.2, 0.25) is 0 Å². The maximum atomic E-state index is 13.4. The summed E-state index contributed by atoms with van der Waals surface area (Å²) in [5, 5.41) is 4.36. The van der Waals surface area contributed by atoms with Crippen LogP contribution >= 0.6 is 0 Å². The Labute approximate surface area is 124 Å². The molecule has 0 atom stereocenters. The minimum Gasteiger partial charge on any atom is -0.473 e. The van der Waals surface area contributed by atoms with E-state index in [0.29, 0.717) is 5.75 Å². The molecule has 0 heterocycles. The maximum Gasteiger partial charge on any atom is 0.321 e. The van der Waals surface area contributed by atoms with Crippen molar-refractivity contribution in [3.8, 4) is 5.75 Å². The molecule has 0 aromatic heterocycles. The summed E-state index contributed by atoms with van der Waals surface area (Å²) < 4.78 is 44.4. The molecule has 0 fully saturated rings. The van der Waals surface area contributed by atoms with E-state index in [-0.39, 0.29) is 6.73 Å². The molecule has 0 radical (unpaired) electrons. The van der Waals surface area contributed by atoms with Gasteiger partial charge in [0.1, 0.15) is 5.75 Å². The summed E-state index contributed by atoms with van der Waals surface area (Å²) >= 11 is 0. The van der Waals surface area contributed by atoms with Crippen LogP contribution in [0.5, 0.6) is 5.75 Å². The van der Waals surface area contributed by atoms with Crippen molar-refractivity contribution in [1.82, 2.24) is 5.32 Å². The molecule has 7 heteroatoms. The molecule has 2 rings (SSSR count). The molecule has 0 spiro atoms. The van der Waals surface area contributed by atoms with Crippen LogP contribution in [0.1, 0.15) is 5.56 Å². The summed E-state index contributed by atoms with van der Waals surface area (Å²) in [6.45, 7) is 1.76. The highest BCUT2D eigenvalue weighted by molar-refractivity contribution is 5.89. The number of hydrogen-bond acceptors (Lipinski definition) is 2. The molecule has 0 aliphatic carbocycles. The van der Waals surface area contributed by atoms with Gasteiger partial charge in [0.2, 0.25) is 0 Å². The number of hydrogen-bond donors (Lipinski definition) is 2. The molecule has 0 saturated carbocycles. The molecule has 2 N–H and O–H groups in total. The lowest BCUT2D eigenvalue weighted by Crippen LogP contribution is -2.32. The number of carbonyl (C=O) groups excluding carboxylic acids is 1. The van der Waals surface area contributed by atoms with Gasteiger partial charge in [0.25, 0.3) is 0 Å². The minimum atomic E-state index is -1.64. The highest BCUT2D eigenvalue weighted by Crippen LogP contribution is 2.19. The van der Waals surface area contributed by atoms with Crippen LogP contribution in [0.3, 0.4) is 0 Å². The minimum absolute atomic E-state index is 0.166. The fourth-order valence-electron chi connectivity index (χ4n) is 1.61. The van der Waals surface area contributed by atoms with E-state index in [4.69, 9.17) is 4.74 Å². The Morgan fingerprint density at radius 3 is 2.41 bits per heavy atom. The van der Waals surface area contributed by atoms with Gasteiger partial charge in [-0.3, -0.25) is 0 Å². The van der Waals surface area contributed by atoms with Crippen molar-refractivity contribution in [1.29, 1.82) is 0 Å². The second-order valence-electron chi connectivity index (χ2n) is 4.46. The van der Waals surface area contributed by atoms with Gasteiger partial charge in [0.15, 0.2) is 24.2 Å². The zero-order valence-electron chi connectivity index (χ0n) is 11.6. The highest BCUT2D eigenvalue weighted by Gasteiger charge is 2.14. The van der Waals surface area contributed by atoms with Crippen molar-refractivity contribution in [2.24, 2.45) is 0 Å². The smallest absolute Gasteiger partial charge is 0.321 e. The lowest BCUT2D eigenvalue weighted by atomic mass is 10.2. The van der Waals surface area contributed by atoms with Crippen molar-refractivity contribution in [3.63, 3.8) is 0 Å². The van der Waals surface area contributed by atoms with Crippen molar-refractivity contribution in [2.45, 2.75) is 6.92 Å². The first-order valence-electron chi connectivity index (χ1n) is 6.35. The molecule has 2 aromatic rings. The van der Waals surface area contributed by atoms with Gasteiger partial charge in [-0.25, -0.2) is 18.0 Å². The van der Waals surface area contributed by atoms with Crippen molar-refractivity contribution >= 4 is 11.7 Å². The van der Waals surface area contributed by atoms with Gasteiger partial charge < -0.3 is 15.4 Å². The van der Waals surface area contributed by atoms with Gasteiger partial charge >= 0.3 is 6.03 Å². The van der Waals surface area contributed by atoms with Gasteiger partial charge in [-0.2, -0.15) is 0 Å². The van der Waals surface area contributed by atoms with E-state index in [2.05, 4.69) is 10.6 Å². The van der Waals surface area contributed by atoms with Crippen LogP contribution in [0.4, 0.5) is 23.7 Å². The Morgan fingerprint density at radius 1 is 1.05 bits per heavy atom. The normalized spacial score (nSPS) is 10.2. The van der Waals surface area contributed by atoms with Gasteiger partial charge in [-0.05, 0) is 31.2 Å². The quantitative estimate of drug-likeness (QED) is 0.670. The van der Waals surface area contributed by atoms with Crippen LogP contribution in [0, 0.1) is 24.4 Å². The van der Waals surface area contributed by atoms with E-state index in [1.165, 1.54) is 0 Å². The third-order valence-corrected chi connectivity index (χ3v) is 2.78. The SMILES string of the molecule is Cc1ccc(OCNC(=O)Nc2ccc(F)c(F)c2F)cc1. The number of amides is 2. The summed E-state index contributed by atoms with van der Waals surface area (Å²) in [6, 6.07) is 7.97. The first-order chi connectivity index (χ1) is 10.5. The second kappa shape index (κ2) is 6.84. The number of urea groups is 1. The summed E-state index contributed by atoms with van der Waals surface area (Å²) in [4.78, 5) is 11.5. The fraction of sp³-hybridized carbons (Fsp3) is 0.133. The molecule has 0 saturated heterocycles. The van der Waals surface area contributed by atoms with Crippen LogP contribution in [0.25, 0.3) is 0 Å². The van der Waals surface area contributed by atoms with Crippen molar-refractivity contribution < 1.29 is 22.7 Å². The monoisotopic (exact) mass is 310 g/mol. The molecule has 2 amide bonds. The predicted molar refractivity (Wildman–Crippen MR) is 75.1 cm³/mol. The van der Waals surface area contributed by atoms with Crippen molar-refractivity contribution in [2.75, 3.05) is 12.0 Å². The van der Waals surface area contributed by atoms with E-state index in [0.717, 1.165) is 17.7 Å². The molecule has 22 heavy (non-hydrogen) atoms. The molecular formula is C15H13F3N2O2. The number of ether oxygens (including phenoxy) is 1. The van der Waals surface area contributed by atoms with Crippen LogP contribution < -0.4 is 15.4 Å². The topological polar surface area (TPSA) is 50.4 Å². The van der Waals surface area contributed by atoms with Crippen LogP contribution in [-0.4, -0.2) is 12.8 Å². The van der Waals surface area contributed by atoms with Gasteiger partial charge in [0.05, 0.1) is 5.69 Å². The summed E-state index contributed by atoms with van der Waals surface area (Å²) in [7, 11) is 0. The standard InChI is InChI=1S/C15H13F3N2O2/c1-9-2-4-10(5-3-9)22-8-19-15(21)20-12-7-6-11(16)13(17)14(12)18/h2-7H,8H2,1H3,(H2,19,20,21). The molecule has 0 aliphatic heterocycles. The maximum absolute atomic E-state index is 13.4. The lowest BCUT2D eigenvalue weighted by Gasteiger charge is -2.10. The first-order valence-corrected chi connectivity index (χ1v) is 6.35. The third kappa shape index (κ3) is 3.91. The van der Waals surface area contributed by atoms with E-state index in [1.807, 2.05) is 19.1 Å². The fourth-order valence-corrected chi connectivity index (χ4v) is 1.61. The van der Waals surface area contributed by atoms with Crippen molar-refractivity contribution in [3.05, 3.63) is 59.4 Å². The number of anilines is 1. The van der Waals surface area contributed by atoms with E-state index in [1.54, 1.807) is 12.1 Å². The number of rotatable bonds is 4. The number of nitrogens with one attached hydrogen (secondary N) is 2. The van der Waals surface area contributed by atoms with E-state index >= 15 is 0 Å². The molecule has 0 bridgehead atoms. The summed E-state index contributed by atoms with van der Waals surface area (Å²) in [5.74, 6) is -3.89. The van der Waals surface area contributed by atoms with Gasteiger partial charge in [-0.1, -0.05) is 17.7 Å². The number of halogens is 3. The predicted octanol–water partition coefficient (Wildman–Crippen LogP) is 3.57. The molecule has 0 aliphatic rings. The number of aryl methyl sites for hydroxylation is 1. The van der Waals surface area contributed by atoms with Crippen LogP contribution in [-0.2, 0) is 0 Å². The van der Waals surface area contributed by atoms with Gasteiger partial charge in [-0.15, -0.1) is 0 Å². The Hall–Kier alpha value is -2.70.